The predicted molar refractivity (Wildman–Crippen MR) is 160 cm³/mol. The molecule has 191 valence electrons. The molecule has 0 aliphatic rings. The molecule has 1 radical (unpaired) electrons. The second kappa shape index (κ2) is 12.3. The van der Waals surface area contributed by atoms with Crippen LogP contribution in [0.4, 0.5) is 0 Å². The first kappa shape index (κ1) is 26.6. The molecule has 7 aromatic rings. The zero-order chi connectivity index (χ0) is 25.7. The zero-order valence-corrected chi connectivity index (χ0v) is 24.5. The van der Waals surface area contributed by atoms with Gasteiger partial charge in [0.05, 0.1) is 0 Å². The molecule has 0 amide bonds. The second-order valence-electron chi connectivity index (χ2n) is 8.96. The Labute approximate surface area is 246 Å². The summed E-state index contributed by atoms with van der Waals surface area (Å²) >= 11 is 1.85. The van der Waals surface area contributed by atoms with Crippen LogP contribution >= 0.6 is 11.3 Å². The van der Waals surface area contributed by atoms with E-state index in [0.717, 1.165) is 22.5 Å². The summed E-state index contributed by atoms with van der Waals surface area (Å²) in [5.74, 6) is 0. The number of thiophene rings is 1. The first-order valence-corrected chi connectivity index (χ1v) is 13.3. The van der Waals surface area contributed by atoms with E-state index in [1.807, 2.05) is 72.1 Å². The second-order valence-corrected chi connectivity index (χ2v) is 10.0. The van der Waals surface area contributed by atoms with Gasteiger partial charge in [-0.15, -0.1) is 82.1 Å². The third kappa shape index (κ3) is 5.89. The molecule has 0 aliphatic carbocycles. The van der Waals surface area contributed by atoms with E-state index in [9.17, 15) is 0 Å². The van der Waals surface area contributed by atoms with E-state index in [4.69, 9.17) is 0 Å². The Morgan fingerprint density at radius 2 is 1.31 bits per heavy atom. The van der Waals surface area contributed by atoms with E-state index < -0.39 is 0 Å². The molecule has 4 heteroatoms. The van der Waals surface area contributed by atoms with Crippen LogP contribution in [0.5, 0.6) is 0 Å². The van der Waals surface area contributed by atoms with Crippen molar-refractivity contribution in [2.45, 2.75) is 6.92 Å². The molecule has 0 fully saturated rings. The standard InChI is InChI=1S/C23H14NS.C12H10N.Ir/c1-2-10-22-19(8-1)20-15-17(11-12-23(20)25-22)16-6-5-7-18(14-16)21-9-3-4-13-24-21;1-10-6-2-3-7-11(10)12-8-4-5-9-13-12;/h1-6,8-15H;2-6,8-9H,1H3;/q2*-1;. The van der Waals surface area contributed by atoms with Crippen molar-refractivity contribution >= 4 is 31.5 Å². The molecule has 39 heavy (non-hydrogen) atoms. The van der Waals surface area contributed by atoms with Crippen molar-refractivity contribution in [2.75, 3.05) is 0 Å². The van der Waals surface area contributed by atoms with Gasteiger partial charge in [0.15, 0.2) is 0 Å². The minimum Gasteiger partial charge on any atom is -0.305 e. The number of hydrogen-bond acceptors (Lipinski definition) is 3. The van der Waals surface area contributed by atoms with Crippen molar-refractivity contribution in [3.8, 4) is 33.6 Å². The van der Waals surface area contributed by atoms with Crippen molar-refractivity contribution in [3.63, 3.8) is 0 Å². The summed E-state index contributed by atoms with van der Waals surface area (Å²) in [4.78, 5) is 8.72. The van der Waals surface area contributed by atoms with Crippen LogP contribution in [0, 0.1) is 19.1 Å². The fraction of sp³-hybridized carbons (Fsp3) is 0.0286. The number of aryl methyl sites for hydroxylation is 1. The number of pyridine rings is 2. The van der Waals surface area contributed by atoms with Crippen molar-refractivity contribution in [1.82, 2.24) is 9.97 Å². The normalized spacial score (nSPS) is 10.5. The largest absolute Gasteiger partial charge is 0.305 e. The molecule has 0 bridgehead atoms. The van der Waals surface area contributed by atoms with Gasteiger partial charge in [-0.1, -0.05) is 55.5 Å². The molecule has 0 N–H and O–H groups in total. The van der Waals surface area contributed by atoms with Gasteiger partial charge >= 0.3 is 0 Å². The molecule has 3 aromatic heterocycles. The fourth-order valence-electron chi connectivity index (χ4n) is 4.53. The van der Waals surface area contributed by atoms with E-state index in [-0.39, 0.29) is 20.1 Å². The monoisotopic (exact) mass is 697 g/mol. The van der Waals surface area contributed by atoms with Gasteiger partial charge in [-0.05, 0) is 47.3 Å². The summed E-state index contributed by atoms with van der Waals surface area (Å²) in [5.41, 5.74) is 7.67. The number of nitrogens with zero attached hydrogens (tertiary/aromatic N) is 2. The van der Waals surface area contributed by atoms with Gasteiger partial charge in [-0.3, -0.25) is 0 Å². The van der Waals surface area contributed by atoms with E-state index >= 15 is 0 Å². The van der Waals surface area contributed by atoms with Crippen LogP contribution in [0.2, 0.25) is 0 Å². The molecule has 0 saturated heterocycles. The SMILES string of the molecule is Cc1ccc[c-]c1-c1ccccn1.[Ir].[c-]1ccc(-c2ccc3sc4ccccc4c3c2)cc1-c1ccccn1. The number of aromatic nitrogens is 2. The molecule has 0 spiro atoms. The van der Waals surface area contributed by atoms with Crippen LogP contribution < -0.4 is 0 Å². The van der Waals surface area contributed by atoms with E-state index in [1.165, 1.54) is 36.9 Å². The number of rotatable bonds is 3. The zero-order valence-electron chi connectivity index (χ0n) is 21.3. The summed E-state index contributed by atoms with van der Waals surface area (Å²) in [5, 5.41) is 2.65. The Balaban J connectivity index is 0.000000187. The summed E-state index contributed by atoms with van der Waals surface area (Å²) in [7, 11) is 0. The summed E-state index contributed by atoms with van der Waals surface area (Å²) in [6, 6.07) is 45.9. The van der Waals surface area contributed by atoms with Gasteiger partial charge in [-0.2, -0.15) is 0 Å². The average molecular weight is 697 g/mol. The Hall–Kier alpha value is -3.95. The molecular formula is C35H24IrN2S-2. The molecule has 0 atom stereocenters. The Morgan fingerprint density at radius 1 is 0.590 bits per heavy atom. The van der Waals surface area contributed by atoms with Crippen LogP contribution in [0.1, 0.15) is 5.56 Å². The minimum absolute atomic E-state index is 0. The van der Waals surface area contributed by atoms with Gasteiger partial charge in [-0.25, -0.2) is 0 Å². The summed E-state index contributed by atoms with van der Waals surface area (Å²) in [6.45, 7) is 2.07. The van der Waals surface area contributed by atoms with Crippen LogP contribution in [-0.2, 0) is 20.1 Å². The van der Waals surface area contributed by atoms with Gasteiger partial charge in [0.1, 0.15) is 0 Å². The number of benzene rings is 4. The average Bonchev–Trinajstić information content (AvgIpc) is 3.37. The van der Waals surface area contributed by atoms with Gasteiger partial charge in [0.25, 0.3) is 0 Å². The van der Waals surface area contributed by atoms with Crippen molar-refractivity contribution in [3.05, 3.63) is 145 Å². The molecule has 0 saturated carbocycles. The van der Waals surface area contributed by atoms with Crippen molar-refractivity contribution < 1.29 is 20.1 Å². The third-order valence-corrected chi connectivity index (χ3v) is 7.59. The van der Waals surface area contributed by atoms with Gasteiger partial charge in [0, 0.05) is 52.7 Å². The first-order chi connectivity index (χ1) is 18.8. The fourth-order valence-corrected chi connectivity index (χ4v) is 5.62. The topological polar surface area (TPSA) is 25.8 Å². The van der Waals surface area contributed by atoms with E-state index in [2.05, 4.69) is 89.7 Å². The molecule has 0 aliphatic heterocycles. The Bertz CT molecular complexity index is 1830. The molecule has 4 aromatic carbocycles. The van der Waals surface area contributed by atoms with Crippen LogP contribution in [0.15, 0.2) is 128 Å². The van der Waals surface area contributed by atoms with Crippen molar-refractivity contribution in [1.29, 1.82) is 0 Å². The molecule has 0 unspecified atom stereocenters. The minimum atomic E-state index is 0. The van der Waals surface area contributed by atoms with Crippen molar-refractivity contribution in [2.24, 2.45) is 0 Å². The maximum Gasteiger partial charge on any atom is 0.0355 e. The van der Waals surface area contributed by atoms with Crippen LogP contribution in [0.3, 0.4) is 0 Å². The quantitative estimate of drug-likeness (QED) is 0.172. The number of fused-ring (bicyclic) bond motifs is 3. The first-order valence-electron chi connectivity index (χ1n) is 12.5. The smallest absolute Gasteiger partial charge is 0.0355 e. The molecule has 7 rings (SSSR count). The molecule has 2 nitrogen and oxygen atoms in total. The molecule has 3 heterocycles. The summed E-state index contributed by atoms with van der Waals surface area (Å²) < 4.78 is 2.67. The van der Waals surface area contributed by atoms with Gasteiger partial charge in [0.2, 0.25) is 0 Å². The Morgan fingerprint density at radius 3 is 2.08 bits per heavy atom. The van der Waals surface area contributed by atoms with Crippen LogP contribution in [-0.4, -0.2) is 9.97 Å². The Kier molecular flexibility index (Phi) is 8.39. The predicted octanol–water partition coefficient (Wildman–Crippen LogP) is 9.44. The maximum atomic E-state index is 4.44. The maximum absolute atomic E-state index is 4.44. The summed E-state index contributed by atoms with van der Waals surface area (Å²) in [6.07, 6.45) is 3.62. The third-order valence-electron chi connectivity index (χ3n) is 6.44. The molecular weight excluding hydrogens is 673 g/mol. The van der Waals surface area contributed by atoms with E-state index in [0.29, 0.717) is 0 Å². The van der Waals surface area contributed by atoms with Crippen LogP contribution in [0.25, 0.3) is 53.8 Å². The van der Waals surface area contributed by atoms with E-state index in [1.54, 1.807) is 6.20 Å². The number of hydrogen-bond donors (Lipinski definition) is 0. The van der Waals surface area contributed by atoms with Gasteiger partial charge < -0.3 is 9.97 Å².